The summed E-state index contributed by atoms with van der Waals surface area (Å²) < 4.78 is 10.1. The number of rotatable bonds is 6. The van der Waals surface area contributed by atoms with E-state index in [1.165, 1.54) is 52.6 Å². The summed E-state index contributed by atoms with van der Waals surface area (Å²) in [5.74, 6) is 3.47. The maximum Gasteiger partial charge on any atom is 0.374 e. The van der Waals surface area contributed by atoms with Crippen molar-refractivity contribution < 1.29 is 23.9 Å². The maximum absolute atomic E-state index is 12.0. The second kappa shape index (κ2) is 9.19. The molecule has 4 rings (SSSR count). The van der Waals surface area contributed by atoms with Crippen molar-refractivity contribution in [2.45, 2.75) is 91.9 Å². The van der Waals surface area contributed by atoms with Gasteiger partial charge in [-0.25, -0.2) is 4.79 Å². The Morgan fingerprint density at radius 1 is 1.03 bits per heavy atom. The van der Waals surface area contributed by atoms with Gasteiger partial charge in [0.1, 0.15) is 5.76 Å². The summed E-state index contributed by atoms with van der Waals surface area (Å²) in [5, 5.41) is 0. The molecule has 0 N–H and O–H groups in total. The predicted molar refractivity (Wildman–Crippen MR) is 126 cm³/mol. The molecule has 1 unspecified atom stereocenters. The lowest BCUT2D eigenvalue weighted by atomic mass is 9.45. The van der Waals surface area contributed by atoms with Gasteiger partial charge in [0.05, 0.1) is 7.11 Å². The van der Waals surface area contributed by atoms with E-state index in [0.29, 0.717) is 35.0 Å². The molecule has 8 atom stereocenters. The van der Waals surface area contributed by atoms with Crippen molar-refractivity contribution in [2.75, 3.05) is 7.11 Å². The number of carbonyl (C=O) groups excluding carboxylic acids is 3. The van der Waals surface area contributed by atoms with Crippen molar-refractivity contribution >= 4 is 17.7 Å². The van der Waals surface area contributed by atoms with Crippen LogP contribution in [0, 0.1) is 46.3 Å². The van der Waals surface area contributed by atoms with E-state index in [2.05, 4.69) is 31.6 Å². The second-order valence-corrected chi connectivity index (χ2v) is 12.0. The van der Waals surface area contributed by atoms with Crippen molar-refractivity contribution in [2.24, 2.45) is 46.3 Å². The van der Waals surface area contributed by atoms with E-state index in [1.807, 2.05) is 0 Å². The van der Waals surface area contributed by atoms with Crippen LogP contribution < -0.4 is 0 Å². The van der Waals surface area contributed by atoms with Gasteiger partial charge < -0.3 is 9.47 Å². The molecular weight excluding hydrogens is 416 g/mol. The maximum atomic E-state index is 12.0. The molecule has 0 amide bonds. The van der Waals surface area contributed by atoms with Crippen molar-refractivity contribution in [3.05, 3.63) is 11.8 Å². The molecule has 4 aliphatic carbocycles. The van der Waals surface area contributed by atoms with Crippen LogP contribution in [0.1, 0.15) is 91.9 Å². The third-order valence-corrected chi connectivity index (χ3v) is 10.5. The summed E-state index contributed by atoms with van der Waals surface area (Å²) in [4.78, 5) is 35.0. The van der Waals surface area contributed by atoms with Crippen LogP contribution in [0.3, 0.4) is 0 Å². The van der Waals surface area contributed by atoms with Crippen LogP contribution >= 0.6 is 0 Å². The number of ether oxygens (including phenoxy) is 2. The van der Waals surface area contributed by atoms with Crippen LogP contribution in [0.25, 0.3) is 0 Å². The predicted octanol–water partition coefficient (Wildman–Crippen LogP) is 5.86. The fourth-order valence-corrected chi connectivity index (χ4v) is 8.85. The van der Waals surface area contributed by atoms with Gasteiger partial charge in [-0.2, -0.15) is 0 Å². The minimum atomic E-state index is -0.707. The molecular formula is C28H42O5. The standard InChI is InChI=1S/C28H42O5/c1-17(6-11-25(30)26(31)32-5)22-9-10-23-21-8-7-19-16-20(33-18(2)29)12-14-27(19,3)24(21)13-15-28(22,23)4/h16-17,19,21-24H,6-15H2,1-5H3/t17-,19?,21+,22-,23+,24+,27+,28-/m1/s1. The Morgan fingerprint density at radius 2 is 1.76 bits per heavy atom. The first kappa shape index (κ1) is 24.5. The molecule has 3 saturated carbocycles. The Balaban J connectivity index is 1.45. The normalized spacial score (nSPS) is 40.5. The van der Waals surface area contributed by atoms with Gasteiger partial charge in [-0.05, 0) is 104 Å². The Labute approximate surface area is 199 Å². The molecule has 5 nitrogen and oxygen atoms in total. The Kier molecular flexibility index (Phi) is 6.81. The number of methoxy groups -OCH3 is 1. The molecule has 0 radical (unpaired) electrons. The Bertz CT molecular complexity index is 830. The van der Waals surface area contributed by atoms with Gasteiger partial charge in [0.15, 0.2) is 0 Å². The third-order valence-electron chi connectivity index (χ3n) is 10.5. The molecule has 184 valence electrons. The van der Waals surface area contributed by atoms with E-state index in [1.54, 1.807) is 0 Å². The molecule has 0 aromatic carbocycles. The van der Waals surface area contributed by atoms with Gasteiger partial charge in [-0.3, -0.25) is 9.59 Å². The van der Waals surface area contributed by atoms with Crippen molar-refractivity contribution in [1.29, 1.82) is 0 Å². The van der Waals surface area contributed by atoms with E-state index in [4.69, 9.17) is 4.74 Å². The van der Waals surface area contributed by atoms with Gasteiger partial charge in [0.2, 0.25) is 5.78 Å². The van der Waals surface area contributed by atoms with Crippen LogP contribution in [0.2, 0.25) is 0 Å². The summed E-state index contributed by atoms with van der Waals surface area (Å²) >= 11 is 0. The van der Waals surface area contributed by atoms with E-state index in [9.17, 15) is 14.4 Å². The summed E-state index contributed by atoms with van der Waals surface area (Å²) in [7, 11) is 1.28. The third kappa shape index (κ3) is 4.30. The largest absolute Gasteiger partial charge is 0.463 e. The first-order chi connectivity index (χ1) is 15.6. The van der Waals surface area contributed by atoms with E-state index in [-0.39, 0.29) is 5.97 Å². The van der Waals surface area contributed by atoms with Crippen LogP contribution in [-0.2, 0) is 23.9 Å². The fraction of sp³-hybridized carbons (Fsp3) is 0.821. The molecule has 33 heavy (non-hydrogen) atoms. The molecule has 0 saturated heterocycles. The number of esters is 2. The molecule has 0 aromatic heterocycles. The lowest BCUT2D eigenvalue weighted by Gasteiger charge is -2.60. The molecule has 0 spiro atoms. The van der Waals surface area contributed by atoms with Crippen molar-refractivity contribution in [1.82, 2.24) is 0 Å². The highest BCUT2D eigenvalue weighted by atomic mass is 16.5. The molecule has 0 aliphatic heterocycles. The van der Waals surface area contributed by atoms with Gasteiger partial charge in [0.25, 0.3) is 0 Å². The molecule has 0 aromatic rings. The number of hydrogen-bond donors (Lipinski definition) is 0. The quantitative estimate of drug-likeness (QED) is 0.368. The monoisotopic (exact) mass is 458 g/mol. The zero-order valence-corrected chi connectivity index (χ0v) is 21.2. The average molecular weight is 459 g/mol. The number of hydrogen-bond acceptors (Lipinski definition) is 5. The fourth-order valence-electron chi connectivity index (χ4n) is 8.85. The minimum absolute atomic E-state index is 0.202. The molecule has 4 aliphatic rings. The second-order valence-electron chi connectivity index (χ2n) is 12.0. The summed E-state index contributed by atoms with van der Waals surface area (Å²) in [6.45, 7) is 8.82. The van der Waals surface area contributed by atoms with Crippen LogP contribution in [0.15, 0.2) is 11.8 Å². The Morgan fingerprint density at radius 3 is 2.45 bits per heavy atom. The number of fused-ring (bicyclic) bond motifs is 5. The lowest BCUT2D eigenvalue weighted by molar-refractivity contribution is -0.151. The summed E-state index contributed by atoms with van der Waals surface area (Å²) in [6.07, 6.45) is 12.9. The van der Waals surface area contributed by atoms with Crippen LogP contribution in [-0.4, -0.2) is 24.8 Å². The highest BCUT2D eigenvalue weighted by Gasteiger charge is 2.60. The minimum Gasteiger partial charge on any atom is -0.463 e. The van der Waals surface area contributed by atoms with Gasteiger partial charge in [-0.1, -0.05) is 20.8 Å². The lowest BCUT2D eigenvalue weighted by Crippen LogP contribution is -2.52. The molecule has 5 heteroatoms. The van der Waals surface area contributed by atoms with E-state index in [0.717, 1.165) is 42.8 Å². The summed E-state index contributed by atoms with van der Waals surface area (Å²) in [5.41, 5.74) is 0.649. The first-order valence-corrected chi connectivity index (χ1v) is 13.1. The van der Waals surface area contributed by atoms with E-state index < -0.39 is 11.8 Å². The van der Waals surface area contributed by atoms with Gasteiger partial charge in [-0.15, -0.1) is 0 Å². The molecule has 0 heterocycles. The SMILES string of the molecule is COC(=O)C(=O)CC[C@@H](C)[C@H]1CC[C@H]2[C@@H]3CCC4C=C(OC(C)=O)CC[C@]4(C)[C@H]3CC[C@]12C. The van der Waals surface area contributed by atoms with Gasteiger partial charge >= 0.3 is 11.9 Å². The van der Waals surface area contributed by atoms with Crippen molar-refractivity contribution in [3.63, 3.8) is 0 Å². The summed E-state index contributed by atoms with van der Waals surface area (Å²) in [6, 6.07) is 0. The number of allylic oxidation sites excluding steroid dienone is 2. The van der Waals surface area contributed by atoms with Gasteiger partial charge in [0, 0.05) is 19.8 Å². The number of Topliss-reactive ketones (excluding diaryl/α,β-unsaturated/α-hetero) is 1. The molecule has 0 bridgehead atoms. The highest BCUT2D eigenvalue weighted by Crippen LogP contribution is 2.68. The van der Waals surface area contributed by atoms with E-state index >= 15 is 0 Å². The Hall–Kier alpha value is -1.65. The number of ketones is 1. The zero-order valence-electron chi connectivity index (χ0n) is 21.2. The highest BCUT2D eigenvalue weighted by molar-refractivity contribution is 6.33. The topological polar surface area (TPSA) is 69.7 Å². The van der Waals surface area contributed by atoms with Crippen molar-refractivity contribution in [3.8, 4) is 0 Å². The smallest absolute Gasteiger partial charge is 0.374 e. The number of carbonyl (C=O) groups is 3. The average Bonchev–Trinajstić information content (AvgIpc) is 3.13. The zero-order chi connectivity index (χ0) is 24.0. The van der Waals surface area contributed by atoms with Crippen LogP contribution in [0.5, 0.6) is 0 Å². The first-order valence-electron chi connectivity index (χ1n) is 13.1. The van der Waals surface area contributed by atoms with Crippen LogP contribution in [0.4, 0.5) is 0 Å². The molecule has 3 fully saturated rings.